The van der Waals surface area contributed by atoms with Crippen LogP contribution in [0.1, 0.15) is 36.4 Å². The third kappa shape index (κ3) is 6.75. The maximum absolute atomic E-state index is 13.7. The van der Waals surface area contributed by atoms with E-state index < -0.39 is 22.0 Å². The number of sulfonamides is 1. The van der Waals surface area contributed by atoms with Crippen LogP contribution >= 0.6 is 0 Å². The van der Waals surface area contributed by atoms with Gasteiger partial charge in [-0.05, 0) is 79.9 Å². The molecule has 1 atom stereocenters. The summed E-state index contributed by atoms with van der Waals surface area (Å²) < 4.78 is 39.9. The summed E-state index contributed by atoms with van der Waals surface area (Å²) in [7, 11) is -1.78. The molecule has 216 valence electrons. The standard InChI is InChI=1S/C30H36BN3O6S/c1-39-25-9-5-23(6-10-25)31-24-7-12-27(13-8-24)41(37,38)34-18-15-22-21-26(11-14-28(22)29(34)30(35)32-36)40-20-19-33-16-3-2-4-17-33/h5-14,21,29,31,36H,2-4,15-20H2,1H3,(H,32,35). The van der Waals surface area contributed by atoms with Gasteiger partial charge in [0.1, 0.15) is 24.1 Å². The van der Waals surface area contributed by atoms with Gasteiger partial charge in [0, 0.05) is 13.1 Å². The maximum Gasteiger partial charge on any atom is 0.266 e. The van der Waals surface area contributed by atoms with E-state index in [2.05, 4.69) is 4.90 Å². The Morgan fingerprint density at radius 2 is 1.61 bits per heavy atom. The molecule has 0 aliphatic carbocycles. The van der Waals surface area contributed by atoms with Crippen LogP contribution < -0.4 is 25.9 Å². The predicted octanol–water partition coefficient (Wildman–Crippen LogP) is 1.74. The monoisotopic (exact) mass is 577 g/mol. The van der Waals surface area contributed by atoms with Gasteiger partial charge in [0.05, 0.1) is 12.0 Å². The van der Waals surface area contributed by atoms with Gasteiger partial charge < -0.3 is 9.47 Å². The van der Waals surface area contributed by atoms with Crippen molar-refractivity contribution in [2.24, 2.45) is 0 Å². The zero-order valence-corrected chi connectivity index (χ0v) is 24.1. The third-order valence-corrected chi connectivity index (χ3v) is 9.76. The molecule has 0 radical (unpaired) electrons. The summed E-state index contributed by atoms with van der Waals surface area (Å²) in [5.74, 6) is 0.661. The Balaban J connectivity index is 1.30. The average molecular weight is 578 g/mol. The van der Waals surface area contributed by atoms with Gasteiger partial charge >= 0.3 is 0 Å². The highest BCUT2D eigenvalue weighted by Crippen LogP contribution is 2.36. The molecule has 11 heteroatoms. The molecule has 2 N–H and O–H groups in total. The number of nitrogens with one attached hydrogen (secondary N) is 1. The highest BCUT2D eigenvalue weighted by Gasteiger charge is 2.40. The van der Waals surface area contributed by atoms with Crippen LogP contribution in [0.3, 0.4) is 0 Å². The summed E-state index contributed by atoms with van der Waals surface area (Å²) in [6.45, 7) is 3.71. The van der Waals surface area contributed by atoms with Gasteiger partial charge in [0.25, 0.3) is 5.91 Å². The van der Waals surface area contributed by atoms with E-state index >= 15 is 0 Å². The second-order valence-corrected chi connectivity index (χ2v) is 12.4. The Labute approximate surface area is 242 Å². The van der Waals surface area contributed by atoms with Crippen molar-refractivity contribution in [1.82, 2.24) is 14.7 Å². The number of carbonyl (C=O) groups is 1. The Kier molecular flexibility index (Phi) is 9.29. The molecule has 2 heterocycles. The first-order valence-electron chi connectivity index (χ1n) is 14.0. The second-order valence-electron chi connectivity index (χ2n) is 10.5. The van der Waals surface area contributed by atoms with Crippen LogP contribution in [0.15, 0.2) is 71.6 Å². The van der Waals surface area contributed by atoms with E-state index in [0.717, 1.165) is 46.2 Å². The van der Waals surface area contributed by atoms with E-state index in [1.807, 2.05) is 30.3 Å². The first-order chi connectivity index (χ1) is 19.9. The quantitative estimate of drug-likeness (QED) is 0.215. The minimum atomic E-state index is -4.04. The maximum atomic E-state index is 13.7. The zero-order chi connectivity index (χ0) is 28.8. The zero-order valence-electron chi connectivity index (χ0n) is 23.3. The largest absolute Gasteiger partial charge is 0.497 e. The summed E-state index contributed by atoms with van der Waals surface area (Å²) in [4.78, 5) is 15.3. The van der Waals surface area contributed by atoms with Crippen molar-refractivity contribution in [3.63, 3.8) is 0 Å². The number of hydrogen-bond donors (Lipinski definition) is 2. The van der Waals surface area contributed by atoms with Gasteiger partial charge in [0.2, 0.25) is 10.0 Å². The molecule has 41 heavy (non-hydrogen) atoms. The second kappa shape index (κ2) is 13.1. The molecule has 0 aromatic heterocycles. The molecule has 0 saturated carbocycles. The SMILES string of the molecule is COc1ccc(Bc2ccc(S(=O)(=O)N3CCc4cc(OCCN5CCCCC5)ccc4C3C(=O)NO)cc2)cc1. The van der Waals surface area contributed by atoms with Crippen LogP contribution in [0.2, 0.25) is 0 Å². The summed E-state index contributed by atoms with van der Waals surface area (Å²) in [6.07, 6.45) is 4.15. The van der Waals surface area contributed by atoms with Gasteiger partial charge in [-0.2, -0.15) is 4.31 Å². The van der Waals surface area contributed by atoms with Crippen LogP contribution in [-0.4, -0.2) is 75.9 Å². The number of carbonyl (C=O) groups excluding carboxylic acids is 1. The summed E-state index contributed by atoms with van der Waals surface area (Å²) in [5, 5.41) is 9.51. The molecule has 1 unspecified atom stereocenters. The van der Waals surface area contributed by atoms with Gasteiger partial charge in [-0.3, -0.25) is 14.9 Å². The van der Waals surface area contributed by atoms with Gasteiger partial charge in [-0.25, -0.2) is 13.9 Å². The summed E-state index contributed by atoms with van der Waals surface area (Å²) >= 11 is 0. The number of likely N-dealkylation sites (tertiary alicyclic amines) is 1. The smallest absolute Gasteiger partial charge is 0.266 e. The molecule has 5 rings (SSSR count). The lowest BCUT2D eigenvalue weighted by molar-refractivity contribution is -0.133. The van der Waals surface area contributed by atoms with Gasteiger partial charge in [-0.1, -0.05) is 47.7 Å². The van der Waals surface area contributed by atoms with Crippen molar-refractivity contribution in [1.29, 1.82) is 0 Å². The lowest BCUT2D eigenvalue weighted by Crippen LogP contribution is -2.46. The van der Waals surface area contributed by atoms with Crippen molar-refractivity contribution >= 4 is 34.1 Å². The van der Waals surface area contributed by atoms with Crippen LogP contribution in [0.4, 0.5) is 0 Å². The third-order valence-electron chi connectivity index (χ3n) is 7.88. The van der Waals surface area contributed by atoms with Crippen molar-refractivity contribution in [3.8, 4) is 11.5 Å². The number of ether oxygens (including phenoxy) is 2. The van der Waals surface area contributed by atoms with Crippen molar-refractivity contribution in [2.75, 3.05) is 39.9 Å². The average Bonchev–Trinajstić information content (AvgIpc) is 3.01. The van der Waals surface area contributed by atoms with Crippen LogP contribution in [0.5, 0.6) is 11.5 Å². The minimum absolute atomic E-state index is 0.0906. The number of hydroxylamine groups is 1. The Bertz CT molecular complexity index is 1440. The lowest BCUT2D eigenvalue weighted by atomic mass is 9.64. The van der Waals surface area contributed by atoms with E-state index in [1.54, 1.807) is 49.0 Å². The Morgan fingerprint density at radius 3 is 2.27 bits per heavy atom. The molecule has 2 aliphatic heterocycles. The molecular weight excluding hydrogens is 541 g/mol. The van der Waals surface area contributed by atoms with E-state index in [-0.39, 0.29) is 11.4 Å². The fraction of sp³-hybridized carbons (Fsp3) is 0.367. The molecular formula is C30H36BN3O6S. The van der Waals surface area contributed by atoms with E-state index in [0.29, 0.717) is 31.6 Å². The number of amides is 1. The number of hydrogen-bond acceptors (Lipinski definition) is 7. The van der Waals surface area contributed by atoms with Crippen LogP contribution in [-0.2, 0) is 21.2 Å². The molecule has 9 nitrogen and oxygen atoms in total. The fourth-order valence-electron chi connectivity index (χ4n) is 5.63. The van der Waals surface area contributed by atoms with Crippen molar-refractivity contribution in [3.05, 3.63) is 77.9 Å². The Hall–Kier alpha value is -3.38. The van der Waals surface area contributed by atoms with E-state index in [4.69, 9.17) is 9.47 Å². The number of fused-ring (bicyclic) bond motifs is 1. The lowest BCUT2D eigenvalue weighted by Gasteiger charge is -2.35. The van der Waals surface area contributed by atoms with Gasteiger partial charge in [-0.15, -0.1) is 0 Å². The number of benzene rings is 3. The number of rotatable bonds is 10. The molecule has 0 spiro atoms. The van der Waals surface area contributed by atoms with Crippen LogP contribution in [0.25, 0.3) is 0 Å². The van der Waals surface area contributed by atoms with Crippen molar-refractivity contribution in [2.45, 2.75) is 36.6 Å². The predicted molar refractivity (Wildman–Crippen MR) is 158 cm³/mol. The fourth-order valence-corrected chi connectivity index (χ4v) is 7.20. The number of methoxy groups -OCH3 is 1. The molecule has 1 fully saturated rings. The first-order valence-corrected chi connectivity index (χ1v) is 15.5. The van der Waals surface area contributed by atoms with E-state index in [1.165, 1.54) is 19.3 Å². The summed E-state index contributed by atoms with van der Waals surface area (Å²) in [5.41, 5.74) is 5.06. The number of nitrogens with zero attached hydrogens (tertiary/aromatic N) is 2. The molecule has 1 amide bonds. The molecule has 1 saturated heterocycles. The number of piperidine rings is 1. The summed E-state index contributed by atoms with van der Waals surface area (Å²) in [6, 6.07) is 18.6. The Morgan fingerprint density at radius 1 is 0.951 bits per heavy atom. The molecule has 3 aromatic carbocycles. The molecule has 3 aromatic rings. The highest BCUT2D eigenvalue weighted by atomic mass is 32.2. The topological polar surface area (TPSA) is 108 Å². The first kappa shape index (κ1) is 29.1. The van der Waals surface area contributed by atoms with Crippen molar-refractivity contribution < 1.29 is 27.9 Å². The van der Waals surface area contributed by atoms with Crippen LogP contribution in [0, 0.1) is 0 Å². The van der Waals surface area contributed by atoms with E-state index in [9.17, 15) is 18.4 Å². The molecule has 0 bridgehead atoms. The minimum Gasteiger partial charge on any atom is -0.497 e. The highest BCUT2D eigenvalue weighted by molar-refractivity contribution is 7.89. The molecule has 2 aliphatic rings. The normalized spacial score (nSPS) is 17.9. The van der Waals surface area contributed by atoms with Gasteiger partial charge in [0.15, 0.2) is 7.28 Å².